The lowest BCUT2D eigenvalue weighted by Gasteiger charge is -2.44. The highest BCUT2D eigenvalue weighted by molar-refractivity contribution is 4.92. The molecular formula is C16H31NO. The third kappa shape index (κ3) is 3.71. The Morgan fingerprint density at radius 1 is 1.22 bits per heavy atom. The molecule has 0 aromatic carbocycles. The molecule has 2 atom stereocenters. The summed E-state index contributed by atoms with van der Waals surface area (Å²) in [6, 6.07) is 1.42. The van der Waals surface area contributed by atoms with Gasteiger partial charge in [-0.3, -0.25) is 0 Å². The van der Waals surface area contributed by atoms with Gasteiger partial charge in [0.25, 0.3) is 0 Å². The summed E-state index contributed by atoms with van der Waals surface area (Å²) in [5, 5.41) is 3.90. The van der Waals surface area contributed by atoms with Crippen LogP contribution in [0.25, 0.3) is 0 Å². The van der Waals surface area contributed by atoms with E-state index < -0.39 is 0 Å². The zero-order valence-corrected chi connectivity index (χ0v) is 12.3. The Balaban J connectivity index is 1.85. The van der Waals surface area contributed by atoms with Crippen molar-refractivity contribution in [3.63, 3.8) is 0 Å². The first-order valence-corrected chi connectivity index (χ1v) is 8.18. The number of nitrogens with one attached hydrogen (secondary N) is 1. The molecule has 1 N–H and O–H groups in total. The molecule has 0 amide bonds. The molecule has 2 rings (SSSR count). The zero-order chi connectivity index (χ0) is 12.8. The molecular weight excluding hydrogens is 222 g/mol. The smallest absolute Gasteiger partial charge is 0.0697 e. The first-order chi connectivity index (χ1) is 8.78. The van der Waals surface area contributed by atoms with Crippen LogP contribution in [0.3, 0.4) is 0 Å². The van der Waals surface area contributed by atoms with Crippen molar-refractivity contribution >= 4 is 0 Å². The van der Waals surface area contributed by atoms with Crippen molar-refractivity contribution in [3.05, 3.63) is 0 Å². The predicted molar refractivity (Wildman–Crippen MR) is 76.9 cm³/mol. The SMILES string of the molecule is CCCC(CC)NC1CCOC2(CCCCC2)C1. The fraction of sp³-hybridized carbons (Fsp3) is 1.00. The highest BCUT2D eigenvalue weighted by atomic mass is 16.5. The molecule has 2 unspecified atom stereocenters. The summed E-state index contributed by atoms with van der Waals surface area (Å²) in [5.74, 6) is 0. The van der Waals surface area contributed by atoms with Crippen LogP contribution in [0.1, 0.15) is 78.1 Å². The summed E-state index contributed by atoms with van der Waals surface area (Å²) in [4.78, 5) is 0. The van der Waals surface area contributed by atoms with Crippen LogP contribution in [0.2, 0.25) is 0 Å². The summed E-state index contributed by atoms with van der Waals surface area (Å²) >= 11 is 0. The van der Waals surface area contributed by atoms with Crippen LogP contribution in [0, 0.1) is 0 Å². The second-order valence-corrected chi connectivity index (χ2v) is 6.34. The number of ether oxygens (including phenoxy) is 1. The van der Waals surface area contributed by atoms with Gasteiger partial charge in [-0.1, -0.05) is 39.5 Å². The minimum atomic E-state index is 0.249. The Labute approximate surface area is 113 Å². The van der Waals surface area contributed by atoms with Crippen LogP contribution in [-0.2, 0) is 4.74 Å². The van der Waals surface area contributed by atoms with Crippen molar-refractivity contribution in [2.75, 3.05) is 6.61 Å². The van der Waals surface area contributed by atoms with Gasteiger partial charge in [-0.25, -0.2) is 0 Å². The van der Waals surface area contributed by atoms with E-state index in [9.17, 15) is 0 Å². The van der Waals surface area contributed by atoms with E-state index in [2.05, 4.69) is 19.2 Å². The third-order valence-corrected chi connectivity index (χ3v) is 4.86. The quantitative estimate of drug-likeness (QED) is 0.798. The van der Waals surface area contributed by atoms with Gasteiger partial charge in [0, 0.05) is 18.7 Å². The number of hydrogen-bond donors (Lipinski definition) is 1. The summed E-state index contributed by atoms with van der Waals surface area (Å²) in [6.07, 6.45) is 13.1. The fourth-order valence-corrected chi connectivity index (χ4v) is 3.80. The molecule has 1 saturated heterocycles. The van der Waals surface area contributed by atoms with E-state index >= 15 is 0 Å². The molecule has 0 aromatic rings. The van der Waals surface area contributed by atoms with Crippen LogP contribution in [-0.4, -0.2) is 24.3 Å². The highest BCUT2D eigenvalue weighted by Gasteiger charge is 2.38. The van der Waals surface area contributed by atoms with Crippen LogP contribution in [0.4, 0.5) is 0 Å². The van der Waals surface area contributed by atoms with Crippen molar-refractivity contribution in [1.29, 1.82) is 0 Å². The normalized spacial score (nSPS) is 29.3. The van der Waals surface area contributed by atoms with Crippen molar-refractivity contribution < 1.29 is 4.74 Å². The first-order valence-electron chi connectivity index (χ1n) is 8.18. The molecule has 1 spiro atoms. The van der Waals surface area contributed by atoms with Gasteiger partial charge in [-0.05, 0) is 38.5 Å². The van der Waals surface area contributed by atoms with Gasteiger partial charge in [-0.2, -0.15) is 0 Å². The van der Waals surface area contributed by atoms with Crippen molar-refractivity contribution in [2.24, 2.45) is 0 Å². The van der Waals surface area contributed by atoms with Gasteiger partial charge < -0.3 is 10.1 Å². The third-order valence-electron chi connectivity index (χ3n) is 4.86. The molecule has 1 heterocycles. The predicted octanol–water partition coefficient (Wildman–Crippen LogP) is 4.04. The average Bonchev–Trinajstić information content (AvgIpc) is 2.39. The molecule has 0 aromatic heterocycles. The van der Waals surface area contributed by atoms with Gasteiger partial charge in [0.15, 0.2) is 0 Å². The number of hydrogen-bond acceptors (Lipinski definition) is 2. The average molecular weight is 253 g/mol. The lowest BCUT2D eigenvalue weighted by Crippen LogP contribution is -2.50. The second kappa shape index (κ2) is 6.91. The van der Waals surface area contributed by atoms with Crippen molar-refractivity contribution in [2.45, 2.75) is 95.7 Å². The highest BCUT2D eigenvalue weighted by Crippen LogP contribution is 2.38. The summed E-state index contributed by atoms with van der Waals surface area (Å²) in [6.45, 7) is 5.57. The van der Waals surface area contributed by atoms with Gasteiger partial charge >= 0.3 is 0 Å². The Morgan fingerprint density at radius 2 is 2.00 bits per heavy atom. The minimum Gasteiger partial charge on any atom is -0.375 e. The van der Waals surface area contributed by atoms with Crippen molar-refractivity contribution in [1.82, 2.24) is 5.32 Å². The van der Waals surface area contributed by atoms with E-state index in [-0.39, 0.29) is 5.60 Å². The van der Waals surface area contributed by atoms with Gasteiger partial charge in [0.1, 0.15) is 0 Å². The summed E-state index contributed by atoms with van der Waals surface area (Å²) in [5.41, 5.74) is 0.249. The fourth-order valence-electron chi connectivity index (χ4n) is 3.80. The molecule has 2 nitrogen and oxygen atoms in total. The molecule has 0 radical (unpaired) electrons. The van der Waals surface area contributed by atoms with E-state index in [1.165, 1.54) is 64.2 Å². The lowest BCUT2D eigenvalue weighted by molar-refractivity contribution is -0.110. The van der Waals surface area contributed by atoms with Gasteiger partial charge in [0.2, 0.25) is 0 Å². The zero-order valence-electron chi connectivity index (χ0n) is 12.3. The lowest BCUT2D eigenvalue weighted by atomic mass is 9.78. The maximum absolute atomic E-state index is 6.17. The maximum Gasteiger partial charge on any atom is 0.0697 e. The first kappa shape index (κ1) is 14.3. The monoisotopic (exact) mass is 253 g/mol. The Bertz CT molecular complexity index is 230. The topological polar surface area (TPSA) is 21.3 Å². The Hall–Kier alpha value is -0.0800. The molecule has 2 heteroatoms. The van der Waals surface area contributed by atoms with Crippen LogP contribution >= 0.6 is 0 Å². The van der Waals surface area contributed by atoms with E-state index in [1.54, 1.807) is 0 Å². The second-order valence-electron chi connectivity index (χ2n) is 6.34. The minimum absolute atomic E-state index is 0.249. The van der Waals surface area contributed by atoms with Gasteiger partial charge in [-0.15, -0.1) is 0 Å². The van der Waals surface area contributed by atoms with E-state index in [1.807, 2.05) is 0 Å². The van der Waals surface area contributed by atoms with Crippen LogP contribution in [0.5, 0.6) is 0 Å². The Morgan fingerprint density at radius 3 is 2.67 bits per heavy atom. The largest absolute Gasteiger partial charge is 0.375 e. The molecule has 18 heavy (non-hydrogen) atoms. The standard InChI is InChI=1S/C16H31NO/c1-3-8-14(4-2)17-15-9-12-18-16(13-15)10-6-5-7-11-16/h14-15,17H,3-13H2,1-2H3. The molecule has 0 bridgehead atoms. The van der Waals surface area contributed by atoms with Crippen LogP contribution < -0.4 is 5.32 Å². The number of rotatable bonds is 5. The molecule has 1 aliphatic carbocycles. The molecule has 2 aliphatic rings. The summed E-state index contributed by atoms with van der Waals surface area (Å²) in [7, 11) is 0. The molecule has 2 fully saturated rings. The maximum atomic E-state index is 6.17. The van der Waals surface area contributed by atoms with Crippen LogP contribution in [0.15, 0.2) is 0 Å². The molecule has 106 valence electrons. The van der Waals surface area contributed by atoms with E-state index in [0.717, 1.165) is 12.6 Å². The van der Waals surface area contributed by atoms with Crippen molar-refractivity contribution in [3.8, 4) is 0 Å². The van der Waals surface area contributed by atoms with E-state index in [4.69, 9.17) is 4.74 Å². The van der Waals surface area contributed by atoms with E-state index in [0.29, 0.717) is 6.04 Å². The molecule has 1 aliphatic heterocycles. The molecule has 1 saturated carbocycles. The Kier molecular flexibility index (Phi) is 5.50. The van der Waals surface area contributed by atoms with Gasteiger partial charge in [0.05, 0.1) is 5.60 Å². The summed E-state index contributed by atoms with van der Waals surface area (Å²) < 4.78 is 6.17.